The molecule has 1 aromatic carbocycles. The van der Waals surface area contributed by atoms with E-state index in [-0.39, 0.29) is 40.8 Å². The van der Waals surface area contributed by atoms with E-state index in [1.54, 1.807) is 13.0 Å². The molecule has 3 saturated carbocycles. The molecular weight excluding hydrogens is 480 g/mol. The van der Waals surface area contributed by atoms with E-state index < -0.39 is 0 Å². The maximum Gasteiger partial charge on any atom is 0.260 e. The Hall–Kier alpha value is -2.83. The van der Waals surface area contributed by atoms with Gasteiger partial charge in [0.2, 0.25) is 0 Å². The number of amides is 1. The minimum atomic E-state index is -0.239. The maximum atomic E-state index is 12.4. The van der Waals surface area contributed by atoms with Crippen molar-refractivity contribution in [2.24, 2.45) is 39.7 Å². The van der Waals surface area contributed by atoms with Crippen molar-refractivity contribution in [1.82, 2.24) is 5.32 Å². The maximum absolute atomic E-state index is 12.4. The normalized spacial score (nSPS) is 35.0. The Bertz CT molecular complexity index is 1160. The van der Waals surface area contributed by atoms with E-state index in [2.05, 4.69) is 30.4 Å². The summed E-state index contributed by atoms with van der Waals surface area (Å²) in [4.78, 5) is 30.0. The molecule has 0 aliphatic heterocycles. The Morgan fingerprint density at radius 3 is 2.63 bits per heavy atom. The quantitative estimate of drug-likeness (QED) is 0.333. The molecular formula is C31H42N2O5. The second-order valence-electron chi connectivity index (χ2n) is 12.6. The number of nitrogens with one attached hydrogen (secondary N) is 1. The molecule has 0 heterocycles. The first-order chi connectivity index (χ1) is 18.1. The van der Waals surface area contributed by atoms with Crippen LogP contribution in [0.3, 0.4) is 0 Å². The SMILES string of the molecule is CC(=O)[C@@H]1CC[C@@H]2[C@@H]3CCC4=CC(=NOCC(=O)NCCc5ccc(O)c(O)c5)CC[C@]4(C)[C@@H]3CC[C@@]21C. The molecule has 3 fully saturated rings. The summed E-state index contributed by atoms with van der Waals surface area (Å²) in [5.41, 5.74) is 3.60. The fraction of sp³-hybridized carbons (Fsp3) is 0.645. The third-order valence-electron chi connectivity index (χ3n) is 10.6. The highest BCUT2D eigenvalue weighted by Gasteiger charge is 2.59. The topological polar surface area (TPSA) is 108 Å². The van der Waals surface area contributed by atoms with Crippen molar-refractivity contribution in [2.45, 2.75) is 78.6 Å². The van der Waals surface area contributed by atoms with Crippen LogP contribution in [0.2, 0.25) is 0 Å². The summed E-state index contributed by atoms with van der Waals surface area (Å²) in [5, 5.41) is 26.1. The highest BCUT2D eigenvalue weighted by atomic mass is 16.6. The van der Waals surface area contributed by atoms with Crippen LogP contribution in [0.15, 0.2) is 35.0 Å². The molecule has 0 unspecified atom stereocenters. The number of hydrogen-bond donors (Lipinski definition) is 3. The number of phenols is 2. The Kier molecular flexibility index (Phi) is 7.31. The molecule has 1 amide bonds. The van der Waals surface area contributed by atoms with Crippen molar-refractivity contribution >= 4 is 17.4 Å². The van der Waals surface area contributed by atoms with Crippen molar-refractivity contribution in [2.75, 3.05) is 13.2 Å². The van der Waals surface area contributed by atoms with Crippen LogP contribution < -0.4 is 5.32 Å². The first kappa shape index (κ1) is 26.8. The number of phenolic OH excluding ortho intramolecular Hbond substituents is 2. The van der Waals surface area contributed by atoms with Gasteiger partial charge >= 0.3 is 0 Å². The number of fused-ring (bicyclic) bond motifs is 5. The van der Waals surface area contributed by atoms with Gasteiger partial charge in [-0.3, -0.25) is 9.59 Å². The van der Waals surface area contributed by atoms with Gasteiger partial charge in [0, 0.05) is 12.5 Å². The molecule has 0 aromatic heterocycles. The summed E-state index contributed by atoms with van der Waals surface area (Å²) in [5.74, 6) is 2.14. The Morgan fingerprint density at radius 1 is 1.05 bits per heavy atom. The zero-order chi connectivity index (χ0) is 27.1. The van der Waals surface area contributed by atoms with Crippen molar-refractivity contribution in [3.05, 3.63) is 35.4 Å². The lowest BCUT2D eigenvalue weighted by Crippen LogP contribution is -2.51. The molecule has 5 rings (SSSR count). The molecule has 0 radical (unpaired) electrons. The number of rotatable bonds is 7. The Labute approximate surface area is 225 Å². The van der Waals surface area contributed by atoms with Crippen molar-refractivity contribution in [1.29, 1.82) is 0 Å². The summed E-state index contributed by atoms with van der Waals surface area (Å²) in [7, 11) is 0. The van der Waals surface area contributed by atoms with Gasteiger partial charge in [0.25, 0.3) is 5.91 Å². The smallest absolute Gasteiger partial charge is 0.260 e. The monoisotopic (exact) mass is 522 g/mol. The number of carbonyl (C=O) groups is 2. The third kappa shape index (κ3) is 4.85. The van der Waals surface area contributed by atoms with Crippen LogP contribution in [-0.4, -0.2) is 40.8 Å². The van der Waals surface area contributed by atoms with Crippen molar-refractivity contribution in [3.8, 4) is 11.5 Å². The average molecular weight is 523 g/mol. The molecule has 0 saturated heterocycles. The van der Waals surface area contributed by atoms with Crippen LogP contribution in [0.4, 0.5) is 0 Å². The first-order valence-electron chi connectivity index (χ1n) is 14.3. The van der Waals surface area contributed by atoms with Crippen LogP contribution in [0, 0.1) is 34.5 Å². The lowest BCUT2D eigenvalue weighted by Gasteiger charge is -2.58. The van der Waals surface area contributed by atoms with Gasteiger partial charge in [-0.15, -0.1) is 0 Å². The minimum Gasteiger partial charge on any atom is -0.504 e. The van der Waals surface area contributed by atoms with Crippen LogP contribution in [-0.2, 0) is 20.8 Å². The van der Waals surface area contributed by atoms with Crippen molar-refractivity contribution in [3.63, 3.8) is 0 Å². The molecule has 4 aliphatic rings. The highest BCUT2D eigenvalue weighted by Crippen LogP contribution is 2.66. The van der Waals surface area contributed by atoms with Crippen LogP contribution in [0.5, 0.6) is 11.5 Å². The molecule has 6 atom stereocenters. The van der Waals surface area contributed by atoms with Crippen LogP contribution >= 0.6 is 0 Å². The fourth-order valence-electron chi connectivity index (χ4n) is 8.61. The number of ketones is 1. The predicted octanol–water partition coefficient (Wildman–Crippen LogP) is 5.30. The first-order valence-corrected chi connectivity index (χ1v) is 14.3. The summed E-state index contributed by atoms with van der Waals surface area (Å²) in [6.45, 7) is 6.92. The van der Waals surface area contributed by atoms with E-state index in [0.29, 0.717) is 36.5 Å². The van der Waals surface area contributed by atoms with Gasteiger partial charge in [-0.1, -0.05) is 30.6 Å². The Balaban J connectivity index is 1.14. The molecule has 1 aromatic rings. The lowest BCUT2D eigenvalue weighted by atomic mass is 9.46. The lowest BCUT2D eigenvalue weighted by molar-refractivity contribution is -0.128. The molecule has 38 heavy (non-hydrogen) atoms. The van der Waals surface area contributed by atoms with Gasteiger partial charge < -0.3 is 20.4 Å². The van der Waals surface area contributed by atoms with E-state index in [4.69, 9.17) is 4.84 Å². The Morgan fingerprint density at radius 2 is 1.87 bits per heavy atom. The number of carbonyl (C=O) groups excluding carboxylic acids is 2. The minimum absolute atomic E-state index is 0.132. The van der Waals surface area contributed by atoms with E-state index in [1.165, 1.54) is 43.4 Å². The summed E-state index contributed by atoms with van der Waals surface area (Å²) < 4.78 is 0. The van der Waals surface area contributed by atoms with Gasteiger partial charge in [-0.25, -0.2) is 0 Å². The number of aromatic hydroxyl groups is 2. The molecule has 4 aliphatic carbocycles. The zero-order valence-electron chi connectivity index (χ0n) is 23.0. The third-order valence-corrected chi connectivity index (χ3v) is 10.6. The number of Topliss-reactive ketones (excluding diaryl/α,β-unsaturated/α-hetero) is 1. The number of nitrogens with zero attached hydrogens (tertiary/aromatic N) is 1. The van der Waals surface area contributed by atoms with E-state index >= 15 is 0 Å². The van der Waals surface area contributed by atoms with E-state index in [1.807, 2.05) is 0 Å². The number of hydrogen-bond acceptors (Lipinski definition) is 6. The van der Waals surface area contributed by atoms with Crippen LogP contribution in [0.25, 0.3) is 0 Å². The second-order valence-corrected chi connectivity index (χ2v) is 12.6. The van der Waals surface area contributed by atoms with Gasteiger partial charge in [0.1, 0.15) is 5.78 Å². The average Bonchev–Trinajstić information content (AvgIpc) is 3.24. The second kappa shape index (κ2) is 10.4. The molecule has 7 nitrogen and oxygen atoms in total. The number of allylic oxidation sites excluding steroid dienone is 2. The molecule has 0 bridgehead atoms. The largest absolute Gasteiger partial charge is 0.504 e. The highest BCUT2D eigenvalue weighted by molar-refractivity contribution is 5.96. The molecule has 7 heteroatoms. The van der Waals surface area contributed by atoms with Gasteiger partial charge in [0.05, 0.1) is 5.71 Å². The standard InChI is InChI=1S/C31H42N2O5/c1-19(34)24-7-8-25-23-6-5-21-17-22(10-13-30(21,2)26(23)11-14-31(24,25)3)33-38-18-29(37)32-15-12-20-4-9-27(35)28(36)16-20/h4,9,16-17,23-26,35-36H,5-8,10-15,18H2,1-3H3,(H,32,37)/t23-,24-,25+,26+,30-,31+/m0/s1. The van der Waals surface area contributed by atoms with E-state index in [0.717, 1.165) is 37.0 Å². The summed E-state index contributed by atoms with van der Waals surface area (Å²) >= 11 is 0. The summed E-state index contributed by atoms with van der Waals surface area (Å²) in [6, 6.07) is 4.64. The van der Waals surface area contributed by atoms with Gasteiger partial charge in [0.15, 0.2) is 18.1 Å². The number of benzene rings is 1. The predicted molar refractivity (Wildman–Crippen MR) is 146 cm³/mol. The fourth-order valence-corrected chi connectivity index (χ4v) is 8.61. The van der Waals surface area contributed by atoms with Gasteiger partial charge in [-0.05, 0) is 117 Å². The number of oxime groups is 1. The molecule has 0 spiro atoms. The molecule has 3 N–H and O–H groups in total. The van der Waals surface area contributed by atoms with Crippen molar-refractivity contribution < 1.29 is 24.6 Å². The molecule has 206 valence electrons. The zero-order valence-corrected chi connectivity index (χ0v) is 23.0. The summed E-state index contributed by atoms with van der Waals surface area (Å²) in [6.07, 6.45) is 11.6. The van der Waals surface area contributed by atoms with E-state index in [9.17, 15) is 19.8 Å². The van der Waals surface area contributed by atoms with Crippen LogP contribution in [0.1, 0.15) is 77.7 Å². The van der Waals surface area contributed by atoms with Gasteiger partial charge in [-0.2, -0.15) is 0 Å².